The molecule has 2 aliphatic rings. The summed E-state index contributed by atoms with van der Waals surface area (Å²) in [6.07, 6.45) is 6.05. The Balaban J connectivity index is 0.000000175. The molecule has 4 aromatic rings. The number of benzene rings is 4. The van der Waals surface area contributed by atoms with Crippen molar-refractivity contribution in [1.29, 1.82) is 0 Å². The molecule has 2 atom stereocenters. The van der Waals surface area contributed by atoms with Crippen molar-refractivity contribution in [2.75, 3.05) is 11.9 Å². The average Bonchev–Trinajstić information content (AvgIpc) is 3.55. The van der Waals surface area contributed by atoms with Crippen molar-refractivity contribution in [3.63, 3.8) is 0 Å². The van der Waals surface area contributed by atoms with E-state index in [9.17, 15) is 27.1 Å². The van der Waals surface area contributed by atoms with E-state index in [2.05, 4.69) is 15.9 Å². The number of aryl methyl sites for hydroxylation is 2. The molecule has 4 aromatic carbocycles. The molecule has 1 nitrogen and oxygen atoms in total. The monoisotopic (exact) mass is 690 g/mol. The molecule has 0 fully saturated rings. The first-order chi connectivity index (χ1) is 21.1. The lowest BCUT2D eigenvalue weighted by molar-refractivity contribution is 0.268. The van der Waals surface area contributed by atoms with Crippen molar-refractivity contribution in [2.45, 2.75) is 62.2 Å². The van der Waals surface area contributed by atoms with Crippen LogP contribution in [-0.2, 0) is 23.7 Å². The van der Waals surface area contributed by atoms with Crippen molar-refractivity contribution in [2.24, 2.45) is 0 Å². The van der Waals surface area contributed by atoms with Gasteiger partial charge in [0.25, 0.3) is 0 Å². The first-order valence-corrected chi connectivity index (χ1v) is 16.3. The van der Waals surface area contributed by atoms with Gasteiger partial charge in [0.05, 0.1) is 0 Å². The fraction of sp³-hybridized carbons (Fsp3) is 0.333. The maximum Gasteiger partial charge on any atom is 0.159 e. The summed E-state index contributed by atoms with van der Waals surface area (Å²) in [5.41, 5.74) is 4.67. The maximum absolute atomic E-state index is 13.8. The van der Waals surface area contributed by atoms with Gasteiger partial charge >= 0.3 is 0 Å². The van der Waals surface area contributed by atoms with Gasteiger partial charge < -0.3 is 5.11 Å². The van der Waals surface area contributed by atoms with Crippen LogP contribution in [0.5, 0.6) is 0 Å². The van der Waals surface area contributed by atoms with Gasteiger partial charge in [0.15, 0.2) is 23.3 Å². The highest BCUT2D eigenvalue weighted by Gasteiger charge is 2.41. The Morgan fingerprint density at radius 1 is 0.636 bits per heavy atom. The third-order valence-electron chi connectivity index (χ3n) is 9.26. The molecule has 0 spiro atoms. The molecule has 8 heteroatoms. The quantitative estimate of drug-likeness (QED) is 0.144. The topological polar surface area (TPSA) is 20.2 Å². The van der Waals surface area contributed by atoms with Crippen molar-refractivity contribution in [3.05, 3.63) is 140 Å². The molecule has 0 saturated carbocycles. The summed E-state index contributed by atoms with van der Waals surface area (Å²) in [6, 6.07) is 19.2. The van der Waals surface area contributed by atoms with Gasteiger partial charge in [-0.15, -0.1) is 0 Å². The van der Waals surface area contributed by atoms with Crippen LogP contribution in [0.2, 0.25) is 5.02 Å². The van der Waals surface area contributed by atoms with Crippen molar-refractivity contribution in [1.82, 2.24) is 0 Å². The van der Waals surface area contributed by atoms with Gasteiger partial charge in [-0.05, 0) is 133 Å². The second-order valence-corrected chi connectivity index (χ2v) is 12.9. The molecule has 0 saturated heterocycles. The van der Waals surface area contributed by atoms with Gasteiger partial charge in [-0.2, -0.15) is 0 Å². The van der Waals surface area contributed by atoms with Crippen molar-refractivity contribution < 1.29 is 27.1 Å². The summed E-state index contributed by atoms with van der Waals surface area (Å²) in [4.78, 5) is 0. The summed E-state index contributed by atoms with van der Waals surface area (Å²) in [5, 5.41) is 10.7. The molecule has 2 unspecified atom stereocenters. The number of alkyl halides is 1. The van der Waals surface area contributed by atoms with E-state index in [-0.39, 0.29) is 23.3 Å². The van der Waals surface area contributed by atoms with E-state index in [1.165, 1.54) is 36.4 Å². The molecular formula is C36H33BrClF5O. The highest BCUT2D eigenvalue weighted by Crippen LogP contribution is 2.49. The fourth-order valence-electron chi connectivity index (χ4n) is 7.14. The molecule has 0 amide bonds. The predicted octanol–water partition coefficient (Wildman–Crippen LogP) is 10.1. The van der Waals surface area contributed by atoms with Gasteiger partial charge in [0, 0.05) is 27.8 Å². The number of hydrogen-bond acceptors (Lipinski definition) is 1. The lowest BCUT2D eigenvalue weighted by Crippen LogP contribution is -2.25. The lowest BCUT2D eigenvalue weighted by Gasteiger charge is -2.31. The largest absolute Gasteiger partial charge is 0.396 e. The smallest absolute Gasteiger partial charge is 0.159 e. The summed E-state index contributed by atoms with van der Waals surface area (Å²) in [5.74, 6) is -3.51. The normalized spacial score (nSPS) is 20.2. The van der Waals surface area contributed by atoms with Gasteiger partial charge in [-0.25, -0.2) is 22.0 Å². The van der Waals surface area contributed by atoms with E-state index >= 15 is 0 Å². The SMILES string of the molecule is Fc1ccc(C2(CCCBr)CCc3cc(F)c(F)cc32)cc1.OCCCC1(c2ccc(Cl)cc2)CCc2cc(F)c(F)cc21. The summed E-state index contributed by atoms with van der Waals surface area (Å²) in [7, 11) is 0. The summed E-state index contributed by atoms with van der Waals surface area (Å²) < 4.78 is 67.8. The Labute approximate surface area is 268 Å². The van der Waals surface area contributed by atoms with E-state index in [1.807, 2.05) is 24.3 Å². The van der Waals surface area contributed by atoms with Gasteiger partial charge in [0.1, 0.15) is 5.82 Å². The molecule has 0 aliphatic heterocycles. The number of aliphatic hydroxyl groups excluding tert-OH is 1. The van der Waals surface area contributed by atoms with Crippen LogP contribution in [0, 0.1) is 29.1 Å². The first kappa shape index (κ1) is 32.6. The molecule has 0 aromatic heterocycles. The van der Waals surface area contributed by atoms with Crippen molar-refractivity contribution in [3.8, 4) is 0 Å². The van der Waals surface area contributed by atoms with Crippen LogP contribution in [0.1, 0.15) is 71.9 Å². The molecule has 0 radical (unpaired) electrons. The number of fused-ring (bicyclic) bond motifs is 2. The maximum atomic E-state index is 13.8. The Morgan fingerprint density at radius 2 is 1.07 bits per heavy atom. The molecule has 0 heterocycles. The third kappa shape index (κ3) is 6.33. The number of rotatable bonds is 8. The lowest BCUT2D eigenvalue weighted by atomic mass is 9.72. The number of halogens is 7. The Bertz CT molecular complexity index is 1490. The molecule has 2 aliphatic carbocycles. The Hall–Kier alpha value is -2.74. The van der Waals surface area contributed by atoms with Crippen LogP contribution in [0.15, 0.2) is 72.8 Å². The summed E-state index contributed by atoms with van der Waals surface area (Å²) >= 11 is 9.40. The van der Waals surface area contributed by atoms with Crippen LogP contribution in [0.25, 0.3) is 0 Å². The van der Waals surface area contributed by atoms with Crippen LogP contribution in [0.4, 0.5) is 22.0 Å². The molecule has 1 N–H and O–H groups in total. The molecule has 232 valence electrons. The second kappa shape index (κ2) is 13.7. The van der Waals surface area contributed by atoms with Crippen LogP contribution in [0.3, 0.4) is 0 Å². The molecule has 44 heavy (non-hydrogen) atoms. The van der Waals surface area contributed by atoms with Crippen molar-refractivity contribution >= 4 is 27.5 Å². The van der Waals surface area contributed by atoms with E-state index in [0.29, 0.717) is 30.7 Å². The van der Waals surface area contributed by atoms with E-state index in [0.717, 1.165) is 64.4 Å². The Morgan fingerprint density at radius 3 is 1.52 bits per heavy atom. The zero-order valence-electron chi connectivity index (χ0n) is 24.1. The second-order valence-electron chi connectivity index (χ2n) is 11.6. The minimum absolute atomic E-state index is 0.0777. The zero-order chi connectivity index (χ0) is 31.5. The van der Waals surface area contributed by atoms with Crippen LogP contribution >= 0.6 is 27.5 Å². The minimum Gasteiger partial charge on any atom is -0.396 e. The van der Waals surface area contributed by atoms with E-state index < -0.39 is 23.3 Å². The molecular weight excluding hydrogens is 659 g/mol. The fourth-order valence-corrected chi connectivity index (χ4v) is 7.55. The van der Waals surface area contributed by atoms with Crippen LogP contribution < -0.4 is 0 Å². The highest BCUT2D eigenvalue weighted by atomic mass is 79.9. The first-order valence-electron chi connectivity index (χ1n) is 14.8. The predicted molar refractivity (Wildman–Crippen MR) is 168 cm³/mol. The summed E-state index contributed by atoms with van der Waals surface area (Å²) in [6.45, 7) is 0.0777. The number of aliphatic hydroxyl groups is 1. The van der Waals surface area contributed by atoms with Gasteiger partial charge in [-0.1, -0.05) is 51.8 Å². The molecule has 0 bridgehead atoms. The van der Waals surface area contributed by atoms with Gasteiger partial charge in [0.2, 0.25) is 0 Å². The zero-order valence-corrected chi connectivity index (χ0v) is 26.4. The highest BCUT2D eigenvalue weighted by molar-refractivity contribution is 9.09. The standard InChI is InChI=1S/C18H16BrF3.C18H17ClF2O/c19-9-1-7-18(13-2-4-14(20)5-3-13)8-6-12-10-16(21)17(22)11-15(12)18;19-14-4-2-13(3-5-14)18(7-1-9-22)8-6-12-10-16(20)17(21)11-15(12)18/h2-5,10-11H,1,6-9H2;2-5,10-11,22H,1,6-9H2. The number of hydrogen-bond donors (Lipinski definition) is 1. The Kier molecular flexibility index (Phi) is 10.2. The average molecular weight is 692 g/mol. The third-order valence-corrected chi connectivity index (χ3v) is 10.1. The van der Waals surface area contributed by atoms with Gasteiger partial charge in [-0.3, -0.25) is 0 Å². The van der Waals surface area contributed by atoms with E-state index in [4.69, 9.17) is 11.6 Å². The molecule has 6 rings (SSSR count). The minimum atomic E-state index is -0.817. The van der Waals surface area contributed by atoms with E-state index in [1.54, 1.807) is 12.1 Å². The van der Waals surface area contributed by atoms with Crippen LogP contribution in [-0.4, -0.2) is 17.0 Å².